The molecule has 1 aliphatic heterocycles. The summed E-state index contributed by atoms with van der Waals surface area (Å²) in [5.41, 5.74) is 0.779. The molecule has 0 aromatic heterocycles. The molecule has 1 saturated heterocycles. The van der Waals surface area contributed by atoms with Crippen molar-refractivity contribution in [2.24, 2.45) is 0 Å². The molecular weight excluding hydrogens is 287 g/mol. The van der Waals surface area contributed by atoms with Crippen LogP contribution < -0.4 is 10.1 Å². The number of ether oxygens (including phenoxy) is 3. The Hall–Kier alpha value is -1.31. The number of rotatable bonds is 5. The van der Waals surface area contributed by atoms with Gasteiger partial charge in [0.05, 0.1) is 25.4 Å². The Morgan fingerprint density at radius 2 is 1.95 bits per heavy atom. The normalized spacial score (nSPS) is 23.0. The largest absolute Gasteiger partial charge is 0.573 e. The third-order valence-electron chi connectivity index (χ3n) is 2.96. The van der Waals surface area contributed by atoms with Crippen molar-refractivity contribution in [3.05, 3.63) is 29.8 Å². The van der Waals surface area contributed by atoms with E-state index in [1.807, 2.05) is 6.92 Å². The maximum Gasteiger partial charge on any atom is 0.573 e. The van der Waals surface area contributed by atoms with Crippen molar-refractivity contribution in [2.45, 2.75) is 32.1 Å². The minimum Gasteiger partial charge on any atom is -0.406 e. The number of nitrogens with one attached hydrogen (secondary N) is 1. The number of alkyl halides is 3. The summed E-state index contributed by atoms with van der Waals surface area (Å²) in [6.45, 7) is 4.32. The summed E-state index contributed by atoms with van der Waals surface area (Å²) in [6, 6.07) is 5.63. The van der Waals surface area contributed by atoms with Gasteiger partial charge < -0.3 is 19.5 Å². The van der Waals surface area contributed by atoms with Crippen LogP contribution in [0.2, 0.25) is 0 Å². The molecule has 1 aromatic carbocycles. The molecule has 7 heteroatoms. The molecule has 0 spiro atoms. The molecule has 4 nitrogen and oxygen atoms in total. The number of hydrogen-bond donors (Lipinski definition) is 1. The molecule has 1 fully saturated rings. The van der Waals surface area contributed by atoms with Crippen molar-refractivity contribution >= 4 is 0 Å². The Kier molecular flexibility index (Phi) is 5.44. The van der Waals surface area contributed by atoms with Gasteiger partial charge in [0, 0.05) is 13.1 Å². The molecule has 118 valence electrons. The lowest BCUT2D eigenvalue weighted by atomic mass is 10.2. The topological polar surface area (TPSA) is 39.7 Å². The van der Waals surface area contributed by atoms with Crippen LogP contribution in [0.25, 0.3) is 0 Å². The number of benzene rings is 1. The van der Waals surface area contributed by atoms with E-state index in [4.69, 9.17) is 9.47 Å². The molecular formula is C14H18F3NO3. The van der Waals surface area contributed by atoms with E-state index in [1.165, 1.54) is 12.1 Å². The van der Waals surface area contributed by atoms with E-state index < -0.39 is 6.36 Å². The minimum atomic E-state index is -4.67. The molecule has 1 N–H and O–H groups in total. The van der Waals surface area contributed by atoms with Gasteiger partial charge in [-0.25, -0.2) is 0 Å². The Morgan fingerprint density at radius 3 is 2.57 bits per heavy atom. The van der Waals surface area contributed by atoms with Gasteiger partial charge in [0.1, 0.15) is 5.75 Å². The smallest absolute Gasteiger partial charge is 0.406 e. The summed E-state index contributed by atoms with van der Waals surface area (Å²) < 4.78 is 51.0. The molecule has 1 heterocycles. The predicted molar refractivity (Wildman–Crippen MR) is 70.0 cm³/mol. The fraction of sp³-hybridized carbons (Fsp3) is 0.571. The Balaban J connectivity index is 1.73. The van der Waals surface area contributed by atoms with Gasteiger partial charge in [-0.15, -0.1) is 13.2 Å². The van der Waals surface area contributed by atoms with E-state index in [1.54, 1.807) is 12.1 Å². The number of hydrogen-bond acceptors (Lipinski definition) is 4. The maximum atomic E-state index is 12.0. The van der Waals surface area contributed by atoms with Crippen molar-refractivity contribution in [3.8, 4) is 5.75 Å². The fourth-order valence-corrected chi connectivity index (χ4v) is 2.07. The van der Waals surface area contributed by atoms with Crippen LogP contribution in [0.1, 0.15) is 12.5 Å². The van der Waals surface area contributed by atoms with E-state index in [0.717, 1.165) is 18.7 Å². The first-order valence-corrected chi connectivity index (χ1v) is 6.71. The van der Waals surface area contributed by atoms with Gasteiger partial charge in [-0.05, 0) is 24.6 Å². The van der Waals surface area contributed by atoms with Gasteiger partial charge in [-0.3, -0.25) is 0 Å². The SMILES string of the molecule is CC1CNCC(COCc2ccc(OC(F)(F)F)cc2)O1. The molecule has 1 aliphatic rings. The van der Waals surface area contributed by atoms with Crippen LogP contribution in [0.4, 0.5) is 13.2 Å². The van der Waals surface area contributed by atoms with E-state index in [2.05, 4.69) is 10.1 Å². The van der Waals surface area contributed by atoms with Crippen molar-refractivity contribution in [1.82, 2.24) is 5.32 Å². The van der Waals surface area contributed by atoms with Crippen molar-refractivity contribution in [2.75, 3.05) is 19.7 Å². The molecule has 0 saturated carbocycles. The first-order valence-electron chi connectivity index (χ1n) is 6.71. The average Bonchev–Trinajstić information content (AvgIpc) is 2.39. The fourth-order valence-electron chi connectivity index (χ4n) is 2.07. The molecule has 0 radical (unpaired) electrons. The van der Waals surface area contributed by atoms with Gasteiger partial charge in [-0.2, -0.15) is 0 Å². The van der Waals surface area contributed by atoms with Gasteiger partial charge >= 0.3 is 6.36 Å². The highest BCUT2D eigenvalue weighted by atomic mass is 19.4. The van der Waals surface area contributed by atoms with Crippen molar-refractivity contribution in [3.63, 3.8) is 0 Å². The second kappa shape index (κ2) is 7.11. The van der Waals surface area contributed by atoms with Gasteiger partial charge in [0.15, 0.2) is 0 Å². The molecule has 2 unspecified atom stereocenters. The standard InChI is InChI=1S/C14H18F3NO3/c1-10-6-18-7-13(20-10)9-19-8-11-2-4-12(5-3-11)21-14(15,16)17/h2-5,10,13,18H,6-9H2,1H3. The van der Waals surface area contributed by atoms with Crippen LogP contribution in [-0.2, 0) is 16.1 Å². The van der Waals surface area contributed by atoms with Crippen LogP contribution in [0.3, 0.4) is 0 Å². The van der Waals surface area contributed by atoms with Crippen LogP contribution in [0.5, 0.6) is 5.75 Å². The lowest BCUT2D eigenvalue weighted by Crippen LogP contribution is -2.45. The molecule has 0 amide bonds. The molecule has 2 rings (SSSR count). The molecule has 0 aliphatic carbocycles. The first-order chi connectivity index (χ1) is 9.92. The first kappa shape index (κ1) is 16.1. The van der Waals surface area contributed by atoms with Crippen molar-refractivity contribution < 1.29 is 27.4 Å². The molecule has 2 atom stereocenters. The Labute approximate surface area is 121 Å². The highest BCUT2D eigenvalue weighted by Gasteiger charge is 2.30. The molecule has 0 bridgehead atoms. The van der Waals surface area contributed by atoms with Crippen LogP contribution in [0, 0.1) is 0 Å². The summed E-state index contributed by atoms with van der Waals surface area (Å²) in [5.74, 6) is -0.236. The van der Waals surface area contributed by atoms with Gasteiger partial charge in [0.2, 0.25) is 0 Å². The molecule has 21 heavy (non-hydrogen) atoms. The lowest BCUT2D eigenvalue weighted by Gasteiger charge is -2.28. The quantitative estimate of drug-likeness (QED) is 0.907. The second-order valence-corrected chi connectivity index (χ2v) is 4.93. The third kappa shape index (κ3) is 5.91. The highest BCUT2D eigenvalue weighted by Crippen LogP contribution is 2.22. The second-order valence-electron chi connectivity index (χ2n) is 4.93. The average molecular weight is 305 g/mol. The Morgan fingerprint density at radius 1 is 1.24 bits per heavy atom. The highest BCUT2D eigenvalue weighted by molar-refractivity contribution is 5.27. The van der Waals surface area contributed by atoms with E-state index in [9.17, 15) is 13.2 Å². The summed E-state index contributed by atoms with van der Waals surface area (Å²) in [6.07, 6.45) is -4.51. The van der Waals surface area contributed by atoms with Crippen LogP contribution >= 0.6 is 0 Å². The molecule has 1 aromatic rings. The lowest BCUT2D eigenvalue weighted by molar-refractivity contribution is -0.274. The number of morpholine rings is 1. The van der Waals surface area contributed by atoms with Gasteiger partial charge in [-0.1, -0.05) is 12.1 Å². The van der Waals surface area contributed by atoms with Crippen LogP contribution in [0.15, 0.2) is 24.3 Å². The summed E-state index contributed by atoms with van der Waals surface area (Å²) >= 11 is 0. The zero-order valence-electron chi connectivity index (χ0n) is 11.7. The summed E-state index contributed by atoms with van der Waals surface area (Å²) in [7, 11) is 0. The summed E-state index contributed by atoms with van der Waals surface area (Å²) in [4.78, 5) is 0. The minimum absolute atomic E-state index is 0.00147. The monoisotopic (exact) mass is 305 g/mol. The van der Waals surface area contributed by atoms with E-state index in [0.29, 0.717) is 13.2 Å². The zero-order valence-corrected chi connectivity index (χ0v) is 11.7. The van der Waals surface area contributed by atoms with Crippen LogP contribution in [-0.4, -0.2) is 38.3 Å². The zero-order chi connectivity index (χ0) is 15.3. The Bertz CT molecular complexity index is 436. The summed E-state index contributed by atoms with van der Waals surface area (Å²) in [5, 5.41) is 3.23. The van der Waals surface area contributed by atoms with Crippen molar-refractivity contribution in [1.29, 1.82) is 0 Å². The predicted octanol–water partition coefficient (Wildman–Crippen LogP) is 2.48. The van der Waals surface area contributed by atoms with Gasteiger partial charge in [0.25, 0.3) is 0 Å². The number of halogens is 3. The van der Waals surface area contributed by atoms with E-state index >= 15 is 0 Å². The van der Waals surface area contributed by atoms with E-state index in [-0.39, 0.29) is 18.0 Å². The third-order valence-corrected chi connectivity index (χ3v) is 2.96. The maximum absolute atomic E-state index is 12.0.